The lowest BCUT2D eigenvalue weighted by molar-refractivity contribution is -0.153. The second-order valence-corrected chi connectivity index (χ2v) is 6.55. The molecule has 156 valence electrons. The summed E-state index contributed by atoms with van der Waals surface area (Å²) < 4.78 is 21.8. The van der Waals surface area contributed by atoms with Crippen molar-refractivity contribution >= 4 is 11.9 Å². The smallest absolute Gasteiger partial charge is 0.338 e. The van der Waals surface area contributed by atoms with Crippen LogP contribution in [0, 0.1) is 0 Å². The van der Waals surface area contributed by atoms with Gasteiger partial charge in [0.05, 0.1) is 20.3 Å². The van der Waals surface area contributed by atoms with Crippen LogP contribution in [0.25, 0.3) is 10.4 Å². The highest BCUT2D eigenvalue weighted by atomic mass is 16.6. The molecule has 0 saturated carbocycles. The summed E-state index contributed by atoms with van der Waals surface area (Å²) in [7, 11) is 1.15. The largest absolute Gasteiger partial charge is 0.469 e. The van der Waals surface area contributed by atoms with Crippen molar-refractivity contribution in [3.8, 4) is 0 Å². The van der Waals surface area contributed by atoms with E-state index in [0.717, 1.165) is 18.2 Å². The standard InChI is InChI=1S/C21H21N3O6/c1-27-20(25)16(23-24-22)17-18(28-12-14-8-4-2-5-9-14)19(21(26)30-17)29-13-15-10-6-3-7-11-15/h2-11,16-19H,12-13H2,1H3/t16-,17-,18+,19-/m1/s1. The molecule has 1 aliphatic rings. The SMILES string of the molecule is COC(=O)[C@H](N=[N+]=[N-])[C@H]1OC(=O)[C@H](OCc2ccccc2)[C@H]1OCc1ccccc1. The van der Waals surface area contributed by atoms with Crippen LogP contribution < -0.4 is 0 Å². The summed E-state index contributed by atoms with van der Waals surface area (Å²) in [5, 5.41) is 3.46. The summed E-state index contributed by atoms with van der Waals surface area (Å²) in [4.78, 5) is 27.3. The molecule has 30 heavy (non-hydrogen) atoms. The third-order valence-electron chi connectivity index (χ3n) is 4.59. The van der Waals surface area contributed by atoms with Gasteiger partial charge < -0.3 is 18.9 Å². The Labute approximate surface area is 173 Å². The van der Waals surface area contributed by atoms with Crippen LogP contribution in [0.2, 0.25) is 0 Å². The van der Waals surface area contributed by atoms with E-state index in [1.54, 1.807) is 0 Å². The first-order chi connectivity index (χ1) is 14.6. The zero-order chi connectivity index (χ0) is 21.3. The highest BCUT2D eigenvalue weighted by molar-refractivity contribution is 5.82. The third kappa shape index (κ3) is 5.15. The van der Waals surface area contributed by atoms with Gasteiger partial charge in [-0.25, -0.2) is 4.79 Å². The molecule has 1 fully saturated rings. The lowest BCUT2D eigenvalue weighted by Gasteiger charge is -2.24. The fraction of sp³-hybridized carbons (Fsp3) is 0.333. The van der Waals surface area contributed by atoms with Gasteiger partial charge in [0.15, 0.2) is 18.2 Å². The van der Waals surface area contributed by atoms with Gasteiger partial charge in [-0.05, 0) is 16.7 Å². The van der Waals surface area contributed by atoms with Gasteiger partial charge in [-0.1, -0.05) is 65.8 Å². The van der Waals surface area contributed by atoms with Crippen LogP contribution in [-0.2, 0) is 41.8 Å². The molecule has 0 radical (unpaired) electrons. The molecule has 0 N–H and O–H groups in total. The number of carbonyl (C=O) groups excluding carboxylic acids is 2. The van der Waals surface area contributed by atoms with E-state index in [1.807, 2.05) is 60.7 Å². The highest BCUT2D eigenvalue weighted by Gasteiger charge is 2.52. The van der Waals surface area contributed by atoms with Crippen molar-refractivity contribution in [2.45, 2.75) is 37.6 Å². The van der Waals surface area contributed by atoms with Crippen molar-refractivity contribution in [1.82, 2.24) is 0 Å². The molecule has 0 bridgehead atoms. The topological polar surface area (TPSA) is 120 Å². The number of hydrogen-bond acceptors (Lipinski definition) is 7. The molecule has 0 aromatic heterocycles. The van der Waals surface area contributed by atoms with Crippen molar-refractivity contribution in [2.75, 3.05) is 7.11 Å². The minimum absolute atomic E-state index is 0.142. The maximum atomic E-state index is 12.5. The molecule has 2 aromatic carbocycles. The lowest BCUT2D eigenvalue weighted by Crippen LogP contribution is -2.44. The minimum Gasteiger partial charge on any atom is -0.469 e. The molecular weight excluding hydrogens is 390 g/mol. The molecule has 1 aliphatic heterocycles. The van der Waals surface area contributed by atoms with Crippen LogP contribution in [0.4, 0.5) is 0 Å². The van der Waals surface area contributed by atoms with Crippen LogP contribution in [-0.4, -0.2) is 43.4 Å². The highest BCUT2D eigenvalue weighted by Crippen LogP contribution is 2.28. The molecule has 3 rings (SSSR count). The second kappa shape index (κ2) is 10.4. The molecule has 1 saturated heterocycles. The van der Waals surface area contributed by atoms with Gasteiger partial charge in [-0.15, -0.1) is 0 Å². The Bertz CT molecular complexity index is 901. The molecule has 0 amide bonds. The molecule has 9 nitrogen and oxygen atoms in total. The summed E-state index contributed by atoms with van der Waals surface area (Å²) in [6.07, 6.45) is -3.25. The van der Waals surface area contributed by atoms with Gasteiger partial charge in [0.25, 0.3) is 0 Å². The van der Waals surface area contributed by atoms with E-state index in [1.165, 1.54) is 0 Å². The molecular formula is C21H21N3O6. The van der Waals surface area contributed by atoms with Crippen LogP contribution >= 0.6 is 0 Å². The zero-order valence-electron chi connectivity index (χ0n) is 16.3. The molecule has 2 aromatic rings. The summed E-state index contributed by atoms with van der Waals surface area (Å²) >= 11 is 0. The van der Waals surface area contributed by atoms with E-state index in [2.05, 4.69) is 10.0 Å². The average molecular weight is 411 g/mol. The van der Waals surface area contributed by atoms with Gasteiger partial charge in [-0.3, -0.25) is 4.79 Å². The van der Waals surface area contributed by atoms with Gasteiger partial charge in [0.1, 0.15) is 6.10 Å². The monoisotopic (exact) mass is 411 g/mol. The van der Waals surface area contributed by atoms with Crippen molar-refractivity contribution in [2.24, 2.45) is 5.11 Å². The van der Waals surface area contributed by atoms with Gasteiger partial charge in [0.2, 0.25) is 0 Å². The summed E-state index contributed by atoms with van der Waals surface area (Å²) in [5.74, 6) is -1.53. The fourth-order valence-corrected chi connectivity index (χ4v) is 3.11. The van der Waals surface area contributed by atoms with Crippen molar-refractivity contribution < 1.29 is 28.5 Å². The van der Waals surface area contributed by atoms with Crippen LogP contribution in [0.15, 0.2) is 65.8 Å². The normalized spacial score (nSPS) is 21.4. The lowest BCUT2D eigenvalue weighted by atomic mass is 10.0. The molecule has 1 heterocycles. The second-order valence-electron chi connectivity index (χ2n) is 6.55. The van der Waals surface area contributed by atoms with Crippen LogP contribution in [0.5, 0.6) is 0 Å². The van der Waals surface area contributed by atoms with Crippen molar-refractivity contribution in [3.63, 3.8) is 0 Å². The molecule has 0 spiro atoms. The zero-order valence-corrected chi connectivity index (χ0v) is 16.3. The summed E-state index contributed by atoms with van der Waals surface area (Å²) in [6.45, 7) is 0.289. The Balaban J connectivity index is 1.82. The average Bonchev–Trinajstić information content (AvgIpc) is 3.10. The Morgan fingerprint density at radius 1 is 1.07 bits per heavy atom. The molecule has 0 unspecified atom stereocenters. The first-order valence-electron chi connectivity index (χ1n) is 9.27. The molecule has 0 aliphatic carbocycles. The minimum atomic E-state index is -1.39. The Morgan fingerprint density at radius 3 is 2.17 bits per heavy atom. The number of ether oxygens (including phenoxy) is 4. The van der Waals surface area contributed by atoms with Gasteiger partial charge >= 0.3 is 11.9 Å². The predicted octanol–water partition coefficient (Wildman–Crippen LogP) is 2.93. The molecule has 4 atom stereocenters. The van der Waals surface area contributed by atoms with Crippen molar-refractivity contribution in [1.29, 1.82) is 0 Å². The first kappa shape index (κ1) is 21.3. The number of hydrogen-bond donors (Lipinski definition) is 0. The van der Waals surface area contributed by atoms with E-state index in [9.17, 15) is 9.59 Å². The number of methoxy groups -OCH3 is 1. The van der Waals surface area contributed by atoms with E-state index >= 15 is 0 Å². The third-order valence-corrected chi connectivity index (χ3v) is 4.59. The van der Waals surface area contributed by atoms with E-state index in [0.29, 0.717) is 0 Å². The van der Waals surface area contributed by atoms with E-state index in [-0.39, 0.29) is 13.2 Å². The fourth-order valence-electron chi connectivity index (χ4n) is 3.11. The van der Waals surface area contributed by atoms with Gasteiger partial charge in [0, 0.05) is 4.91 Å². The van der Waals surface area contributed by atoms with Crippen molar-refractivity contribution in [3.05, 3.63) is 82.2 Å². The Hall–Kier alpha value is -3.39. The maximum absolute atomic E-state index is 12.5. The van der Waals surface area contributed by atoms with Gasteiger partial charge in [-0.2, -0.15) is 0 Å². The predicted molar refractivity (Wildman–Crippen MR) is 105 cm³/mol. The number of cyclic esters (lactones) is 1. The number of azide groups is 1. The number of carbonyl (C=O) groups is 2. The number of esters is 2. The molecule has 9 heteroatoms. The van der Waals surface area contributed by atoms with Crippen LogP contribution in [0.1, 0.15) is 11.1 Å². The number of benzene rings is 2. The number of nitrogens with zero attached hydrogens (tertiary/aromatic N) is 3. The number of rotatable bonds is 9. The van der Waals surface area contributed by atoms with E-state index in [4.69, 9.17) is 24.5 Å². The van der Waals surface area contributed by atoms with E-state index < -0.39 is 36.3 Å². The summed E-state index contributed by atoms with van der Waals surface area (Å²) in [5.41, 5.74) is 10.6. The Morgan fingerprint density at radius 2 is 1.63 bits per heavy atom. The Kier molecular flexibility index (Phi) is 7.40. The maximum Gasteiger partial charge on any atom is 0.338 e. The summed E-state index contributed by atoms with van der Waals surface area (Å²) in [6, 6.07) is 17.2. The van der Waals surface area contributed by atoms with Crippen LogP contribution in [0.3, 0.4) is 0 Å². The quantitative estimate of drug-likeness (QED) is 0.271. The first-order valence-corrected chi connectivity index (χ1v) is 9.27.